The predicted molar refractivity (Wildman–Crippen MR) is 107 cm³/mol. The minimum atomic E-state index is -0.588. The Balaban J connectivity index is 1.57. The molecule has 0 aromatic heterocycles. The molecular weight excluding hydrogens is 357 g/mol. The van der Waals surface area contributed by atoms with Crippen LogP contribution in [0.1, 0.15) is 18.1 Å². The first-order valence-electron chi connectivity index (χ1n) is 9.02. The molecule has 0 radical (unpaired) electrons. The second-order valence-corrected chi connectivity index (χ2v) is 6.46. The minimum Gasteiger partial charge on any atom is -0.457 e. The van der Waals surface area contributed by atoms with Crippen LogP contribution in [-0.2, 0) is 16.1 Å². The zero-order chi connectivity index (χ0) is 19.9. The Labute approximate surface area is 163 Å². The summed E-state index contributed by atoms with van der Waals surface area (Å²) in [6, 6.07) is 20.9. The molecule has 4 nitrogen and oxygen atoms in total. The van der Waals surface area contributed by atoms with E-state index in [-0.39, 0.29) is 11.7 Å². The van der Waals surface area contributed by atoms with Crippen molar-refractivity contribution in [2.24, 2.45) is 0 Å². The van der Waals surface area contributed by atoms with Gasteiger partial charge in [-0.05, 0) is 67.4 Å². The number of anilines is 1. The van der Waals surface area contributed by atoms with E-state index in [0.717, 1.165) is 11.1 Å². The average molecular weight is 379 g/mol. The molecule has 0 heterocycles. The van der Waals surface area contributed by atoms with E-state index in [9.17, 15) is 9.18 Å². The van der Waals surface area contributed by atoms with Gasteiger partial charge in [0, 0.05) is 5.69 Å². The summed E-state index contributed by atoms with van der Waals surface area (Å²) >= 11 is 0. The predicted octanol–water partition coefficient (Wildman–Crippen LogP) is 5.47. The van der Waals surface area contributed by atoms with Gasteiger partial charge in [-0.3, -0.25) is 4.79 Å². The number of amides is 1. The Morgan fingerprint density at radius 3 is 2.36 bits per heavy atom. The lowest BCUT2D eigenvalue weighted by Gasteiger charge is -2.15. The van der Waals surface area contributed by atoms with Crippen LogP contribution in [0.4, 0.5) is 10.1 Å². The zero-order valence-corrected chi connectivity index (χ0v) is 15.8. The second kappa shape index (κ2) is 9.15. The standard InChI is InChI=1S/C23H22FNO3/c1-16-14-21(28-20-10-8-19(24)9-11-20)12-13-22(16)25-23(26)17(2)27-15-18-6-4-3-5-7-18/h3-14,17H,15H2,1-2H3,(H,25,26). The van der Waals surface area contributed by atoms with E-state index in [1.807, 2.05) is 43.3 Å². The molecule has 0 aliphatic carbocycles. The molecule has 0 spiro atoms. The van der Waals surface area contributed by atoms with Crippen molar-refractivity contribution in [2.75, 3.05) is 5.32 Å². The molecule has 0 aliphatic rings. The SMILES string of the molecule is Cc1cc(Oc2ccc(F)cc2)ccc1NC(=O)C(C)OCc1ccccc1. The molecule has 3 aromatic carbocycles. The van der Waals surface area contributed by atoms with Gasteiger partial charge < -0.3 is 14.8 Å². The Hall–Kier alpha value is -3.18. The van der Waals surface area contributed by atoms with Crippen molar-refractivity contribution < 1.29 is 18.7 Å². The van der Waals surface area contributed by atoms with Crippen molar-refractivity contribution in [3.05, 3.63) is 89.7 Å². The van der Waals surface area contributed by atoms with Crippen molar-refractivity contribution >= 4 is 11.6 Å². The molecule has 1 atom stereocenters. The average Bonchev–Trinajstić information content (AvgIpc) is 2.70. The first kappa shape index (κ1) is 19.6. The normalized spacial score (nSPS) is 11.7. The summed E-state index contributed by atoms with van der Waals surface area (Å²) < 4.78 is 24.3. The maximum absolute atomic E-state index is 13.0. The van der Waals surface area contributed by atoms with E-state index in [1.165, 1.54) is 12.1 Å². The minimum absolute atomic E-state index is 0.216. The number of carbonyl (C=O) groups is 1. The Kier molecular flexibility index (Phi) is 6.40. The van der Waals surface area contributed by atoms with Gasteiger partial charge in [-0.2, -0.15) is 0 Å². The number of hydrogen-bond donors (Lipinski definition) is 1. The summed E-state index contributed by atoms with van der Waals surface area (Å²) in [6.07, 6.45) is -0.588. The van der Waals surface area contributed by atoms with Gasteiger partial charge in [-0.25, -0.2) is 4.39 Å². The lowest BCUT2D eigenvalue weighted by Crippen LogP contribution is -2.27. The van der Waals surface area contributed by atoms with Gasteiger partial charge in [0.2, 0.25) is 0 Å². The number of ether oxygens (including phenoxy) is 2. The van der Waals surface area contributed by atoms with Crippen LogP contribution >= 0.6 is 0 Å². The van der Waals surface area contributed by atoms with Crippen LogP contribution in [0.25, 0.3) is 0 Å². The molecule has 0 saturated carbocycles. The van der Waals surface area contributed by atoms with Crippen LogP contribution in [0.3, 0.4) is 0 Å². The fraction of sp³-hybridized carbons (Fsp3) is 0.174. The summed E-state index contributed by atoms with van der Waals surface area (Å²) in [5, 5.41) is 2.88. The fourth-order valence-electron chi connectivity index (χ4n) is 2.58. The second-order valence-electron chi connectivity index (χ2n) is 6.46. The largest absolute Gasteiger partial charge is 0.457 e. The third-order valence-corrected chi connectivity index (χ3v) is 4.22. The van der Waals surface area contributed by atoms with E-state index in [1.54, 1.807) is 31.2 Å². The van der Waals surface area contributed by atoms with Crippen LogP contribution in [0.5, 0.6) is 11.5 Å². The maximum atomic E-state index is 13.0. The molecule has 1 unspecified atom stereocenters. The van der Waals surface area contributed by atoms with Gasteiger partial charge in [0.05, 0.1) is 6.61 Å². The lowest BCUT2D eigenvalue weighted by atomic mass is 10.2. The highest BCUT2D eigenvalue weighted by Crippen LogP contribution is 2.26. The molecule has 0 saturated heterocycles. The van der Waals surface area contributed by atoms with E-state index in [4.69, 9.17) is 9.47 Å². The van der Waals surface area contributed by atoms with Crippen molar-refractivity contribution in [1.82, 2.24) is 0 Å². The molecule has 5 heteroatoms. The molecule has 0 bridgehead atoms. The van der Waals surface area contributed by atoms with Crippen LogP contribution in [-0.4, -0.2) is 12.0 Å². The summed E-state index contributed by atoms with van der Waals surface area (Å²) in [6.45, 7) is 3.97. The first-order chi connectivity index (χ1) is 13.5. The third-order valence-electron chi connectivity index (χ3n) is 4.22. The molecule has 0 fully saturated rings. The van der Waals surface area contributed by atoms with Gasteiger partial charge in [-0.15, -0.1) is 0 Å². The summed E-state index contributed by atoms with van der Waals surface area (Å²) in [7, 11) is 0. The Morgan fingerprint density at radius 1 is 1.00 bits per heavy atom. The molecular formula is C23H22FNO3. The van der Waals surface area contributed by atoms with Crippen molar-refractivity contribution in [3.8, 4) is 11.5 Å². The summed E-state index contributed by atoms with van der Waals surface area (Å²) in [5.74, 6) is 0.618. The van der Waals surface area contributed by atoms with Crippen LogP contribution in [0.2, 0.25) is 0 Å². The van der Waals surface area contributed by atoms with Gasteiger partial charge in [0.15, 0.2) is 0 Å². The molecule has 1 amide bonds. The van der Waals surface area contributed by atoms with Gasteiger partial charge >= 0.3 is 0 Å². The number of halogens is 1. The number of benzene rings is 3. The summed E-state index contributed by atoms with van der Waals surface area (Å²) in [5.41, 5.74) is 2.55. The summed E-state index contributed by atoms with van der Waals surface area (Å²) in [4.78, 5) is 12.4. The molecule has 3 aromatic rings. The van der Waals surface area contributed by atoms with E-state index in [2.05, 4.69) is 5.32 Å². The maximum Gasteiger partial charge on any atom is 0.253 e. The third kappa shape index (κ3) is 5.41. The Bertz CT molecular complexity index is 926. The van der Waals surface area contributed by atoms with Crippen LogP contribution < -0.4 is 10.1 Å². The quantitative estimate of drug-likeness (QED) is 0.592. The van der Waals surface area contributed by atoms with Gasteiger partial charge in [0.25, 0.3) is 5.91 Å². The zero-order valence-electron chi connectivity index (χ0n) is 15.8. The lowest BCUT2D eigenvalue weighted by molar-refractivity contribution is -0.127. The molecule has 3 rings (SSSR count). The fourth-order valence-corrected chi connectivity index (χ4v) is 2.58. The molecule has 0 aliphatic heterocycles. The molecule has 144 valence electrons. The highest BCUT2D eigenvalue weighted by Gasteiger charge is 2.15. The number of carbonyl (C=O) groups excluding carboxylic acids is 1. The first-order valence-corrected chi connectivity index (χ1v) is 9.02. The number of hydrogen-bond acceptors (Lipinski definition) is 3. The molecule has 1 N–H and O–H groups in total. The highest BCUT2D eigenvalue weighted by molar-refractivity contribution is 5.94. The van der Waals surface area contributed by atoms with Crippen LogP contribution in [0.15, 0.2) is 72.8 Å². The molecule has 28 heavy (non-hydrogen) atoms. The van der Waals surface area contributed by atoms with E-state index < -0.39 is 6.10 Å². The van der Waals surface area contributed by atoms with Gasteiger partial charge in [0.1, 0.15) is 23.4 Å². The van der Waals surface area contributed by atoms with Gasteiger partial charge in [-0.1, -0.05) is 30.3 Å². The number of aryl methyl sites for hydroxylation is 1. The topological polar surface area (TPSA) is 47.6 Å². The smallest absolute Gasteiger partial charge is 0.253 e. The number of rotatable bonds is 7. The Morgan fingerprint density at radius 2 is 1.68 bits per heavy atom. The van der Waals surface area contributed by atoms with E-state index >= 15 is 0 Å². The monoisotopic (exact) mass is 379 g/mol. The van der Waals surface area contributed by atoms with Crippen molar-refractivity contribution in [3.63, 3.8) is 0 Å². The van der Waals surface area contributed by atoms with Crippen molar-refractivity contribution in [1.29, 1.82) is 0 Å². The number of nitrogens with one attached hydrogen (secondary N) is 1. The van der Waals surface area contributed by atoms with Crippen molar-refractivity contribution in [2.45, 2.75) is 26.6 Å². The van der Waals surface area contributed by atoms with E-state index in [0.29, 0.717) is 23.8 Å². The van der Waals surface area contributed by atoms with Crippen LogP contribution in [0, 0.1) is 12.7 Å². The highest BCUT2D eigenvalue weighted by atomic mass is 19.1.